The van der Waals surface area contributed by atoms with E-state index in [-0.39, 0.29) is 11.6 Å². The molecule has 1 saturated heterocycles. The van der Waals surface area contributed by atoms with Crippen LogP contribution in [0.2, 0.25) is 0 Å². The molecule has 0 spiro atoms. The lowest BCUT2D eigenvalue weighted by molar-refractivity contribution is -0.383. The monoisotopic (exact) mass is 340 g/mol. The zero-order valence-corrected chi connectivity index (χ0v) is 14.0. The van der Waals surface area contributed by atoms with Crippen LogP contribution in [0, 0.1) is 10.1 Å². The molecule has 0 atom stereocenters. The molecule has 7 nitrogen and oxygen atoms in total. The summed E-state index contributed by atoms with van der Waals surface area (Å²) in [6.45, 7) is 2.64. The number of anilines is 2. The van der Waals surface area contributed by atoms with Crippen LogP contribution in [0.1, 0.15) is 10.4 Å². The normalized spacial score (nSPS) is 14.3. The Morgan fingerprint density at radius 1 is 1.08 bits per heavy atom. The van der Waals surface area contributed by atoms with Crippen LogP contribution < -0.4 is 10.2 Å². The highest BCUT2D eigenvalue weighted by atomic mass is 16.6. The number of piperazine rings is 1. The summed E-state index contributed by atoms with van der Waals surface area (Å²) < 4.78 is 0. The first kappa shape index (κ1) is 16.8. The van der Waals surface area contributed by atoms with E-state index in [1.807, 2.05) is 35.2 Å². The summed E-state index contributed by atoms with van der Waals surface area (Å²) in [6.07, 6.45) is 0. The maximum Gasteiger partial charge on any atom is 0.292 e. The van der Waals surface area contributed by atoms with Gasteiger partial charge in [-0.25, -0.2) is 0 Å². The van der Waals surface area contributed by atoms with Crippen LogP contribution in [-0.4, -0.2) is 49.0 Å². The summed E-state index contributed by atoms with van der Waals surface area (Å²) >= 11 is 0. The van der Waals surface area contributed by atoms with Crippen molar-refractivity contribution in [3.05, 3.63) is 64.2 Å². The van der Waals surface area contributed by atoms with E-state index in [0.29, 0.717) is 37.4 Å². The molecule has 1 fully saturated rings. The SMILES string of the molecule is CNc1cc(N2CCN(C(=O)c3ccccc3)CC2)ccc1[N+](=O)[O-]. The van der Waals surface area contributed by atoms with Crippen LogP contribution >= 0.6 is 0 Å². The lowest BCUT2D eigenvalue weighted by Gasteiger charge is -2.36. The Bertz CT molecular complexity index is 771. The summed E-state index contributed by atoms with van der Waals surface area (Å²) in [5, 5.41) is 13.9. The number of hydrogen-bond acceptors (Lipinski definition) is 5. The second-order valence-corrected chi connectivity index (χ2v) is 5.85. The minimum absolute atomic E-state index is 0.0415. The Labute approximate surface area is 146 Å². The van der Waals surface area contributed by atoms with Gasteiger partial charge in [0.25, 0.3) is 11.6 Å². The standard InChI is InChI=1S/C18H20N4O3/c1-19-16-13-15(7-8-17(16)22(24)25)20-9-11-21(12-10-20)18(23)14-5-3-2-4-6-14/h2-8,13,19H,9-12H2,1H3. The number of hydrogen-bond donors (Lipinski definition) is 1. The highest BCUT2D eigenvalue weighted by Crippen LogP contribution is 2.29. The van der Waals surface area contributed by atoms with Crippen LogP contribution in [0.4, 0.5) is 17.1 Å². The fourth-order valence-electron chi connectivity index (χ4n) is 3.01. The van der Waals surface area contributed by atoms with Gasteiger partial charge in [-0.3, -0.25) is 14.9 Å². The third kappa shape index (κ3) is 3.55. The molecule has 1 N–H and O–H groups in total. The van der Waals surface area contributed by atoms with Crippen molar-refractivity contribution in [1.29, 1.82) is 0 Å². The zero-order chi connectivity index (χ0) is 17.8. The van der Waals surface area contributed by atoms with Gasteiger partial charge >= 0.3 is 0 Å². The van der Waals surface area contributed by atoms with Crippen molar-refractivity contribution in [2.45, 2.75) is 0 Å². The van der Waals surface area contributed by atoms with E-state index < -0.39 is 4.92 Å². The highest BCUT2D eigenvalue weighted by molar-refractivity contribution is 5.94. The molecule has 0 aliphatic carbocycles. The number of nitrogens with zero attached hydrogens (tertiary/aromatic N) is 3. The molecule has 3 rings (SSSR count). The van der Waals surface area contributed by atoms with Crippen molar-refractivity contribution in [3.63, 3.8) is 0 Å². The molecule has 1 heterocycles. The van der Waals surface area contributed by atoms with E-state index in [1.54, 1.807) is 19.2 Å². The maximum atomic E-state index is 12.5. The van der Waals surface area contributed by atoms with E-state index in [1.165, 1.54) is 6.07 Å². The third-order valence-electron chi connectivity index (χ3n) is 4.40. The minimum atomic E-state index is -0.397. The van der Waals surface area contributed by atoms with Gasteiger partial charge in [-0.1, -0.05) is 18.2 Å². The molecular formula is C18H20N4O3. The first-order valence-corrected chi connectivity index (χ1v) is 8.15. The molecule has 2 aromatic carbocycles. The van der Waals surface area contributed by atoms with E-state index in [2.05, 4.69) is 10.2 Å². The molecule has 1 amide bonds. The molecule has 2 aromatic rings. The van der Waals surface area contributed by atoms with E-state index in [0.717, 1.165) is 5.69 Å². The second kappa shape index (κ2) is 7.21. The molecule has 0 aromatic heterocycles. The molecule has 25 heavy (non-hydrogen) atoms. The average Bonchev–Trinajstić information content (AvgIpc) is 2.67. The topological polar surface area (TPSA) is 78.7 Å². The van der Waals surface area contributed by atoms with E-state index in [4.69, 9.17) is 0 Å². The summed E-state index contributed by atoms with van der Waals surface area (Å²) in [7, 11) is 1.67. The number of nitrogens with one attached hydrogen (secondary N) is 1. The quantitative estimate of drug-likeness (QED) is 0.684. The predicted octanol–water partition coefficient (Wildman–Crippen LogP) is 2.60. The number of rotatable bonds is 4. The summed E-state index contributed by atoms with van der Waals surface area (Å²) in [5.41, 5.74) is 2.17. The van der Waals surface area contributed by atoms with Crippen molar-refractivity contribution in [2.75, 3.05) is 43.4 Å². The van der Waals surface area contributed by atoms with E-state index >= 15 is 0 Å². The summed E-state index contributed by atoms with van der Waals surface area (Å²) in [6, 6.07) is 14.3. The van der Waals surface area contributed by atoms with Gasteiger partial charge in [0.1, 0.15) is 5.69 Å². The zero-order valence-electron chi connectivity index (χ0n) is 14.0. The second-order valence-electron chi connectivity index (χ2n) is 5.85. The van der Waals surface area contributed by atoms with Gasteiger partial charge in [0, 0.05) is 50.5 Å². The molecule has 0 saturated carbocycles. The first-order valence-electron chi connectivity index (χ1n) is 8.15. The number of carbonyl (C=O) groups excluding carboxylic acids is 1. The molecule has 7 heteroatoms. The minimum Gasteiger partial charge on any atom is -0.383 e. The maximum absolute atomic E-state index is 12.5. The smallest absolute Gasteiger partial charge is 0.292 e. The summed E-state index contributed by atoms with van der Waals surface area (Å²) in [5.74, 6) is 0.0415. The van der Waals surface area contributed by atoms with Gasteiger partial charge in [0.2, 0.25) is 0 Å². The Kier molecular flexibility index (Phi) is 4.83. The number of nitro groups is 1. The van der Waals surface area contributed by atoms with Gasteiger partial charge < -0.3 is 15.1 Å². The predicted molar refractivity (Wildman–Crippen MR) is 97.2 cm³/mol. The average molecular weight is 340 g/mol. The lowest BCUT2D eigenvalue weighted by Crippen LogP contribution is -2.48. The van der Waals surface area contributed by atoms with Crippen molar-refractivity contribution < 1.29 is 9.72 Å². The molecule has 1 aliphatic heterocycles. The van der Waals surface area contributed by atoms with Gasteiger partial charge in [0.05, 0.1) is 4.92 Å². The Morgan fingerprint density at radius 3 is 2.36 bits per heavy atom. The Morgan fingerprint density at radius 2 is 1.76 bits per heavy atom. The largest absolute Gasteiger partial charge is 0.383 e. The van der Waals surface area contributed by atoms with Crippen molar-refractivity contribution in [2.24, 2.45) is 0 Å². The molecule has 0 bridgehead atoms. The number of nitro benzene ring substituents is 1. The van der Waals surface area contributed by atoms with Crippen molar-refractivity contribution in [1.82, 2.24) is 4.90 Å². The highest BCUT2D eigenvalue weighted by Gasteiger charge is 2.23. The first-order chi connectivity index (χ1) is 12.1. The van der Waals surface area contributed by atoms with Gasteiger partial charge in [-0.2, -0.15) is 0 Å². The van der Waals surface area contributed by atoms with Gasteiger partial charge in [0.15, 0.2) is 0 Å². The van der Waals surface area contributed by atoms with Gasteiger partial charge in [-0.05, 0) is 24.3 Å². The summed E-state index contributed by atoms with van der Waals surface area (Å²) in [4.78, 5) is 27.1. The van der Waals surface area contributed by atoms with E-state index in [9.17, 15) is 14.9 Å². The van der Waals surface area contributed by atoms with Crippen LogP contribution in [0.15, 0.2) is 48.5 Å². The fourth-order valence-corrected chi connectivity index (χ4v) is 3.01. The van der Waals surface area contributed by atoms with Crippen molar-refractivity contribution in [3.8, 4) is 0 Å². The van der Waals surface area contributed by atoms with Crippen LogP contribution in [0.5, 0.6) is 0 Å². The Hall–Kier alpha value is -3.09. The van der Waals surface area contributed by atoms with Crippen LogP contribution in [0.25, 0.3) is 0 Å². The number of carbonyl (C=O) groups is 1. The molecule has 1 aliphatic rings. The fraction of sp³-hybridized carbons (Fsp3) is 0.278. The van der Waals surface area contributed by atoms with Crippen LogP contribution in [-0.2, 0) is 0 Å². The third-order valence-corrected chi connectivity index (χ3v) is 4.40. The van der Waals surface area contributed by atoms with Crippen LogP contribution in [0.3, 0.4) is 0 Å². The Balaban J connectivity index is 1.68. The molecular weight excluding hydrogens is 320 g/mol. The number of amides is 1. The van der Waals surface area contributed by atoms with Gasteiger partial charge in [-0.15, -0.1) is 0 Å². The lowest BCUT2D eigenvalue weighted by atomic mass is 10.1. The van der Waals surface area contributed by atoms with Crippen molar-refractivity contribution >= 4 is 23.0 Å². The molecule has 130 valence electrons. The molecule has 0 unspecified atom stereocenters. The number of benzene rings is 2. The molecule has 0 radical (unpaired) electrons.